The molecule has 3 aliphatic rings. The van der Waals surface area contributed by atoms with Gasteiger partial charge in [-0.2, -0.15) is 5.10 Å². The molecule has 4 amide bonds. The van der Waals surface area contributed by atoms with Crippen molar-refractivity contribution in [1.29, 1.82) is 0 Å². The van der Waals surface area contributed by atoms with Crippen molar-refractivity contribution in [3.05, 3.63) is 42.2 Å². The van der Waals surface area contributed by atoms with Gasteiger partial charge in [0.05, 0.1) is 22.9 Å². The number of amides is 4. The molecule has 2 fully saturated rings. The third kappa shape index (κ3) is 3.95. The number of nitrogens with one attached hydrogen (secondary N) is 3. The van der Waals surface area contributed by atoms with Gasteiger partial charge in [0.25, 0.3) is 0 Å². The van der Waals surface area contributed by atoms with E-state index in [4.69, 9.17) is 5.10 Å². The number of carbonyl (C=O) groups excluding carboxylic acids is 2. The van der Waals surface area contributed by atoms with Crippen molar-refractivity contribution in [1.82, 2.24) is 35.2 Å². The van der Waals surface area contributed by atoms with Crippen LogP contribution in [-0.4, -0.2) is 82.4 Å². The second-order valence-electron chi connectivity index (χ2n) is 10.3. The van der Waals surface area contributed by atoms with E-state index in [0.717, 1.165) is 73.4 Å². The molecular formula is C26H32N8O2. The Balaban J connectivity index is 1.25. The second kappa shape index (κ2) is 8.77. The highest BCUT2D eigenvalue weighted by molar-refractivity contribution is 6.01. The monoisotopic (exact) mass is 488 g/mol. The van der Waals surface area contributed by atoms with Crippen molar-refractivity contribution in [2.45, 2.75) is 37.8 Å². The molecule has 188 valence electrons. The molecule has 10 heteroatoms. The van der Waals surface area contributed by atoms with Gasteiger partial charge in [-0.1, -0.05) is 6.07 Å². The first kappa shape index (κ1) is 22.8. The van der Waals surface area contributed by atoms with Crippen LogP contribution in [0.25, 0.3) is 22.2 Å². The first-order valence-corrected chi connectivity index (χ1v) is 12.7. The number of aromatic nitrogens is 3. The van der Waals surface area contributed by atoms with Gasteiger partial charge >= 0.3 is 12.1 Å². The van der Waals surface area contributed by atoms with Crippen molar-refractivity contribution in [2.24, 2.45) is 0 Å². The summed E-state index contributed by atoms with van der Waals surface area (Å²) in [5.41, 5.74) is 4.47. The van der Waals surface area contributed by atoms with Crippen molar-refractivity contribution in [3.8, 4) is 11.3 Å². The molecule has 1 unspecified atom stereocenters. The third-order valence-corrected chi connectivity index (χ3v) is 7.76. The van der Waals surface area contributed by atoms with E-state index in [9.17, 15) is 9.59 Å². The Kier molecular flexibility index (Phi) is 5.55. The summed E-state index contributed by atoms with van der Waals surface area (Å²) >= 11 is 0. The van der Waals surface area contributed by atoms with Gasteiger partial charge < -0.3 is 25.8 Å². The number of likely N-dealkylation sites (tertiary alicyclic amines) is 2. The summed E-state index contributed by atoms with van der Waals surface area (Å²) in [6.45, 7) is 6.64. The molecule has 0 saturated carbocycles. The minimum Gasteiger partial charge on any atom is -0.338 e. The molecular weight excluding hydrogens is 456 g/mol. The molecule has 3 aromatic rings. The smallest absolute Gasteiger partial charge is 0.319 e. The lowest BCUT2D eigenvalue weighted by atomic mass is 9.82. The molecule has 0 radical (unpaired) electrons. The summed E-state index contributed by atoms with van der Waals surface area (Å²) < 4.78 is 2.09. The maximum Gasteiger partial charge on any atom is 0.319 e. The minimum absolute atomic E-state index is 0.0136. The van der Waals surface area contributed by atoms with Gasteiger partial charge in [-0.25, -0.2) is 9.59 Å². The Hall–Kier alpha value is -3.66. The highest BCUT2D eigenvalue weighted by atomic mass is 16.2. The van der Waals surface area contributed by atoms with Gasteiger partial charge in [0.1, 0.15) is 0 Å². The van der Waals surface area contributed by atoms with E-state index in [1.54, 1.807) is 0 Å². The van der Waals surface area contributed by atoms with Gasteiger partial charge in [0.2, 0.25) is 0 Å². The summed E-state index contributed by atoms with van der Waals surface area (Å²) in [4.78, 5) is 33.7. The fraction of sp³-hybridized carbons (Fsp3) is 0.462. The lowest BCUT2D eigenvalue weighted by Crippen LogP contribution is -2.58. The highest BCUT2D eigenvalue weighted by Gasteiger charge is 2.46. The van der Waals surface area contributed by atoms with Crippen LogP contribution in [0.15, 0.2) is 36.5 Å². The average Bonchev–Trinajstić information content (AvgIpc) is 3.55. The Bertz CT molecular complexity index is 1330. The number of urea groups is 2. The summed E-state index contributed by atoms with van der Waals surface area (Å²) in [5, 5.41) is 14.7. The number of benzene rings is 1. The number of carbonyl (C=O) groups is 2. The van der Waals surface area contributed by atoms with Crippen LogP contribution in [0.4, 0.5) is 15.3 Å². The molecule has 1 atom stereocenters. The van der Waals surface area contributed by atoms with Crippen molar-refractivity contribution in [3.63, 3.8) is 0 Å². The second-order valence-corrected chi connectivity index (χ2v) is 10.3. The number of likely N-dealkylation sites (N-methyl/N-ethyl adjacent to an activating group) is 1. The topological polar surface area (TPSA) is 107 Å². The lowest BCUT2D eigenvalue weighted by molar-refractivity contribution is 0.165. The van der Waals surface area contributed by atoms with Crippen molar-refractivity contribution < 1.29 is 9.59 Å². The quantitative estimate of drug-likeness (QED) is 0.523. The number of fused-ring (bicyclic) bond motifs is 3. The normalized spacial score (nSPS) is 21.6. The van der Waals surface area contributed by atoms with Gasteiger partial charge in [0, 0.05) is 67.5 Å². The van der Waals surface area contributed by atoms with E-state index in [2.05, 4.69) is 42.6 Å². The van der Waals surface area contributed by atoms with Crippen LogP contribution < -0.4 is 16.0 Å². The van der Waals surface area contributed by atoms with Gasteiger partial charge in [-0.3, -0.25) is 9.67 Å². The molecule has 0 aliphatic carbocycles. The zero-order valence-corrected chi connectivity index (χ0v) is 20.8. The molecule has 1 aromatic carbocycles. The van der Waals surface area contributed by atoms with E-state index in [1.165, 1.54) is 5.69 Å². The fourth-order valence-electron chi connectivity index (χ4n) is 5.86. The van der Waals surface area contributed by atoms with E-state index >= 15 is 0 Å². The molecule has 6 rings (SSSR count). The SMILES string of the molecule is CCNC(=O)N1CCC2(CCn3nc(-c4cnc5cccc(NC(=O)NC6CN(C)C6)c5c4)cc32)C1. The molecule has 2 aromatic heterocycles. The number of aryl methyl sites for hydroxylation is 1. The molecule has 5 heterocycles. The van der Waals surface area contributed by atoms with Gasteiger partial charge in [-0.15, -0.1) is 0 Å². The van der Waals surface area contributed by atoms with Crippen LogP contribution >= 0.6 is 0 Å². The summed E-state index contributed by atoms with van der Waals surface area (Å²) in [6.07, 6.45) is 3.80. The maximum absolute atomic E-state index is 12.6. The number of nitrogens with zero attached hydrogens (tertiary/aromatic N) is 5. The first-order valence-electron chi connectivity index (χ1n) is 12.7. The third-order valence-electron chi connectivity index (χ3n) is 7.76. The van der Waals surface area contributed by atoms with Crippen LogP contribution in [0.2, 0.25) is 0 Å². The number of pyridine rings is 1. The van der Waals surface area contributed by atoms with Crippen LogP contribution in [0.5, 0.6) is 0 Å². The summed E-state index contributed by atoms with van der Waals surface area (Å²) in [6, 6.07) is 9.95. The number of hydrogen-bond donors (Lipinski definition) is 3. The Morgan fingerprint density at radius 2 is 2.00 bits per heavy atom. The molecule has 3 aliphatic heterocycles. The lowest BCUT2D eigenvalue weighted by Gasteiger charge is -2.36. The van der Waals surface area contributed by atoms with E-state index in [1.807, 2.05) is 43.3 Å². The molecule has 2 saturated heterocycles. The van der Waals surface area contributed by atoms with Crippen molar-refractivity contribution >= 4 is 28.7 Å². The Morgan fingerprint density at radius 1 is 1.17 bits per heavy atom. The predicted octanol–water partition coefficient (Wildman–Crippen LogP) is 2.61. The zero-order chi connectivity index (χ0) is 24.9. The summed E-state index contributed by atoms with van der Waals surface area (Å²) in [5.74, 6) is 0. The molecule has 1 spiro atoms. The van der Waals surface area contributed by atoms with Crippen LogP contribution in [-0.2, 0) is 12.0 Å². The van der Waals surface area contributed by atoms with E-state index in [-0.39, 0.29) is 23.5 Å². The van der Waals surface area contributed by atoms with Crippen LogP contribution in [0, 0.1) is 0 Å². The molecule has 3 N–H and O–H groups in total. The molecule has 0 bridgehead atoms. The number of hydrogen-bond acceptors (Lipinski definition) is 5. The van der Waals surface area contributed by atoms with E-state index < -0.39 is 0 Å². The van der Waals surface area contributed by atoms with E-state index in [0.29, 0.717) is 6.54 Å². The van der Waals surface area contributed by atoms with Gasteiger partial charge in [0.15, 0.2) is 0 Å². The largest absolute Gasteiger partial charge is 0.338 e. The average molecular weight is 489 g/mol. The molecule has 36 heavy (non-hydrogen) atoms. The predicted molar refractivity (Wildman–Crippen MR) is 138 cm³/mol. The summed E-state index contributed by atoms with van der Waals surface area (Å²) in [7, 11) is 2.04. The zero-order valence-electron chi connectivity index (χ0n) is 20.8. The van der Waals surface area contributed by atoms with Crippen LogP contribution in [0.3, 0.4) is 0 Å². The first-order chi connectivity index (χ1) is 17.4. The molecule has 10 nitrogen and oxygen atoms in total. The number of anilines is 1. The van der Waals surface area contributed by atoms with Gasteiger partial charge in [-0.05, 0) is 51.1 Å². The fourth-order valence-corrected chi connectivity index (χ4v) is 5.86. The standard InChI is InChI=1S/C26H32N8O2/c1-3-27-25(36)33-9-7-26(16-33)8-10-34-23(26)12-22(31-34)17-11-19-20(28-13-17)5-4-6-21(19)30-24(35)29-18-14-32(2)15-18/h4-6,11-13,18H,3,7-10,14-16H2,1-2H3,(H,27,36)(H2,29,30,35). The highest BCUT2D eigenvalue weighted by Crippen LogP contribution is 2.44. The number of rotatable bonds is 4. The van der Waals surface area contributed by atoms with Crippen molar-refractivity contribution in [2.75, 3.05) is 45.1 Å². The minimum atomic E-state index is -0.202. The maximum atomic E-state index is 12.6. The van der Waals surface area contributed by atoms with Crippen LogP contribution in [0.1, 0.15) is 25.5 Å². The Morgan fingerprint density at radius 3 is 2.81 bits per heavy atom. The Labute approximate surface area is 210 Å².